The molecule has 29 heavy (non-hydrogen) atoms. The number of aromatic nitrogens is 1. The molecule has 2 aromatic carbocycles. The fourth-order valence-corrected chi connectivity index (χ4v) is 5.22. The molecule has 0 unspecified atom stereocenters. The normalized spacial score (nSPS) is 14.1. The molecule has 0 aliphatic carbocycles. The van der Waals surface area contributed by atoms with Gasteiger partial charge in [-0.15, -0.1) is 0 Å². The average molecular weight is 433 g/mol. The summed E-state index contributed by atoms with van der Waals surface area (Å²) in [7, 11) is -3.38. The van der Waals surface area contributed by atoms with E-state index in [1.165, 1.54) is 35.6 Å². The predicted molar refractivity (Wildman–Crippen MR) is 110 cm³/mol. The van der Waals surface area contributed by atoms with Crippen LogP contribution in [0.2, 0.25) is 0 Å². The molecule has 0 radical (unpaired) electrons. The number of hydrogen-bond acceptors (Lipinski definition) is 6. The molecule has 9 heteroatoms. The number of ether oxygens (including phenoxy) is 2. The second kappa shape index (κ2) is 7.31. The zero-order chi connectivity index (χ0) is 20.8. The van der Waals surface area contributed by atoms with E-state index in [1.807, 2.05) is 23.6 Å². The van der Waals surface area contributed by atoms with Gasteiger partial charge in [0.15, 0.2) is 26.1 Å². The maximum absolute atomic E-state index is 12.7. The van der Waals surface area contributed by atoms with E-state index >= 15 is 0 Å². The van der Waals surface area contributed by atoms with Gasteiger partial charge in [0.25, 0.3) is 5.91 Å². The highest BCUT2D eigenvalue weighted by atomic mass is 32.2. The van der Waals surface area contributed by atoms with Crippen LogP contribution in [0.5, 0.6) is 11.5 Å². The Morgan fingerprint density at radius 2 is 1.83 bits per heavy atom. The van der Waals surface area contributed by atoms with Crippen LogP contribution in [0.4, 0.5) is 0 Å². The molecule has 0 saturated heterocycles. The quantitative estimate of drug-likeness (QED) is 0.631. The summed E-state index contributed by atoms with van der Waals surface area (Å²) in [5.74, 6) is 0.937. The van der Waals surface area contributed by atoms with Crippen LogP contribution >= 0.6 is 11.3 Å². The lowest BCUT2D eigenvalue weighted by molar-refractivity contribution is 0.0997. The van der Waals surface area contributed by atoms with E-state index < -0.39 is 21.0 Å². The molecule has 0 fully saturated rings. The molecule has 7 nitrogen and oxygen atoms in total. The third kappa shape index (κ3) is 3.44. The summed E-state index contributed by atoms with van der Waals surface area (Å²) in [4.78, 5) is 17.7. The molecule has 1 aliphatic rings. The summed E-state index contributed by atoms with van der Waals surface area (Å²) in [6.07, 6.45) is 0. The number of carbonyl (C=O) groups is 1. The number of hydrogen-bond donors (Lipinski definition) is 0. The Balaban J connectivity index is 1.72. The van der Waals surface area contributed by atoms with Crippen LogP contribution in [0.1, 0.15) is 31.1 Å². The number of sulfone groups is 1. The van der Waals surface area contributed by atoms with E-state index in [1.54, 1.807) is 13.8 Å². The second-order valence-electron chi connectivity index (χ2n) is 6.84. The van der Waals surface area contributed by atoms with E-state index in [9.17, 15) is 13.2 Å². The average Bonchev–Trinajstić information content (AvgIpc) is 3.28. The van der Waals surface area contributed by atoms with Gasteiger partial charge in [0.1, 0.15) is 0 Å². The molecule has 1 aliphatic heterocycles. The van der Waals surface area contributed by atoms with Crippen LogP contribution < -0.4 is 14.3 Å². The van der Waals surface area contributed by atoms with Crippen molar-refractivity contribution in [2.75, 3.05) is 6.79 Å². The Kier molecular flexibility index (Phi) is 4.95. The van der Waals surface area contributed by atoms with Crippen LogP contribution in [0.15, 0.2) is 46.3 Å². The number of amides is 1. The molecule has 4 rings (SSSR count). The second-order valence-corrected chi connectivity index (χ2v) is 10.4. The standard InChI is InChI=1S/C20H20N2O5S2/c1-4-22-15-9-16-17(27-11-26-16)10-18(15)28-20(22)21-19(23)13-5-7-14(8-6-13)29(24,25)12(2)3/h5-10,12H,4,11H2,1-3H3. The Morgan fingerprint density at radius 1 is 1.17 bits per heavy atom. The molecule has 1 amide bonds. The maximum atomic E-state index is 12.7. The summed E-state index contributed by atoms with van der Waals surface area (Å²) in [6, 6.07) is 9.70. The van der Waals surface area contributed by atoms with Crippen molar-refractivity contribution < 1.29 is 22.7 Å². The van der Waals surface area contributed by atoms with Gasteiger partial charge < -0.3 is 14.0 Å². The van der Waals surface area contributed by atoms with Crippen LogP contribution in [-0.2, 0) is 16.4 Å². The summed E-state index contributed by atoms with van der Waals surface area (Å²) >= 11 is 1.39. The van der Waals surface area contributed by atoms with Crippen molar-refractivity contribution in [2.45, 2.75) is 37.5 Å². The van der Waals surface area contributed by atoms with Crippen LogP contribution in [0.25, 0.3) is 10.2 Å². The molecular formula is C20H20N2O5S2. The van der Waals surface area contributed by atoms with Crippen LogP contribution in [0, 0.1) is 0 Å². The molecule has 0 bridgehead atoms. The number of aryl methyl sites for hydroxylation is 1. The minimum absolute atomic E-state index is 0.198. The first-order valence-corrected chi connectivity index (χ1v) is 11.5. The fraction of sp³-hybridized carbons (Fsp3) is 0.300. The first kappa shape index (κ1) is 19.7. The number of carbonyl (C=O) groups excluding carboxylic acids is 1. The summed E-state index contributed by atoms with van der Waals surface area (Å²) in [5.41, 5.74) is 1.26. The van der Waals surface area contributed by atoms with Crippen molar-refractivity contribution >= 4 is 37.3 Å². The monoisotopic (exact) mass is 432 g/mol. The number of fused-ring (bicyclic) bond motifs is 2. The third-order valence-corrected chi connectivity index (χ3v) is 7.95. The van der Waals surface area contributed by atoms with Gasteiger partial charge in [-0.3, -0.25) is 4.79 Å². The zero-order valence-electron chi connectivity index (χ0n) is 16.2. The lowest BCUT2D eigenvalue weighted by atomic mass is 10.2. The first-order valence-electron chi connectivity index (χ1n) is 9.17. The number of benzene rings is 2. The van der Waals surface area contributed by atoms with E-state index in [2.05, 4.69) is 4.99 Å². The summed E-state index contributed by atoms with van der Waals surface area (Å²) in [5, 5.41) is -0.523. The van der Waals surface area contributed by atoms with Gasteiger partial charge in [-0.2, -0.15) is 4.99 Å². The fourth-order valence-electron chi connectivity index (χ4n) is 3.06. The van der Waals surface area contributed by atoms with Gasteiger partial charge in [-0.1, -0.05) is 11.3 Å². The summed E-state index contributed by atoms with van der Waals surface area (Å²) in [6.45, 7) is 6.07. The van der Waals surface area contributed by atoms with E-state index in [-0.39, 0.29) is 11.7 Å². The molecule has 2 heterocycles. The maximum Gasteiger partial charge on any atom is 0.279 e. The van der Waals surface area contributed by atoms with Gasteiger partial charge in [0.05, 0.1) is 20.4 Å². The van der Waals surface area contributed by atoms with Crippen molar-refractivity contribution in [3.05, 3.63) is 46.8 Å². The topological polar surface area (TPSA) is 87.0 Å². The molecule has 1 aromatic heterocycles. The van der Waals surface area contributed by atoms with Crippen molar-refractivity contribution in [1.82, 2.24) is 4.57 Å². The molecule has 0 N–H and O–H groups in total. The van der Waals surface area contributed by atoms with E-state index in [0.717, 1.165) is 10.2 Å². The molecule has 0 saturated carbocycles. The van der Waals surface area contributed by atoms with Crippen LogP contribution in [-0.4, -0.2) is 30.9 Å². The highest BCUT2D eigenvalue weighted by Gasteiger charge is 2.20. The van der Waals surface area contributed by atoms with Gasteiger partial charge in [-0.05, 0) is 45.0 Å². The van der Waals surface area contributed by atoms with E-state index in [0.29, 0.717) is 28.4 Å². The van der Waals surface area contributed by atoms with Gasteiger partial charge in [-0.25, -0.2) is 8.42 Å². The molecule has 3 aromatic rings. The lowest BCUT2D eigenvalue weighted by Crippen LogP contribution is -2.16. The predicted octanol–water partition coefficient (Wildman–Crippen LogP) is 3.37. The largest absolute Gasteiger partial charge is 0.454 e. The van der Waals surface area contributed by atoms with Crippen LogP contribution in [0.3, 0.4) is 0 Å². The molecule has 152 valence electrons. The highest BCUT2D eigenvalue weighted by Crippen LogP contribution is 2.36. The zero-order valence-corrected chi connectivity index (χ0v) is 17.8. The van der Waals surface area contributed by atoms with Crippen molar-refractivity contribution in [3.63, 3.8) is 0 Å². The first-order chi connectivity index (χ1) is 13.8. The molecule has 0 spiro atoms. The Hall–Kier alpha value is -2.65. The molecule has 0 atom stereocenters. The lowest BCUT2D eigenvalue weighted by Gasteiger charge is -2.07. The number of nitrogens with zero attached hydrogens (tertiary/aromatic N) is 2. The number of thiazole rings is 1. The highest BCUT2D eigenvalue weighted by molar-refractivity contribution is 7.92. The van der Waals surface area contributed by atoms with Crippen molar-refractivity contribution in [2.24, 2.45) is 4.99 Å². The number of rotatable bonds is 4. The van der Waals surface area contributed by atoms with Gasteiger partial charge in [0, 0.05) is 24.2 Å². The molecular weight excluding hydrogens is 412 g/mol. The Bertz CT molecular complexity index is 1270. The van der Waals surface area contributed by atoms with Crippen molar-refractivity contribution in [1.29, 1.82) is 0 Å². The van der Waals surface area contributed by atoms with Gasteiger partial charge in [0.2, 0.25) is 6.79 Å². The minimum atomic E-state index is -3.38. The summed E-state index contributed by atoms with van der Waals surface area (Å²) < 4.78 is 38.2. The van der Waals surface area contributed by atoms with Gasteiger partial charge >= 0.3 is 0 Å². The Morgan fingerprint density at radius 3 is 2.45 bits per heavy atom. The van der Waals surface area contributed by atoms with E-state index in [4.69, 9.17) is 9.47 Å². The Labute approximate surface area is 172 Å². The van der Waals surface area contributed by atoms with Crippen molar-refractivity contribution in [3.8, 4) is 11.5 Å². The smallest absolute Gasteiger partial charge is 0.279 e. The SMILES string of the molecule is CCn1c(=NC(=O)c2ccc(S(=O)(=O)C(C)C)cc2)sc2cc3c(cc21)OCO3. The third-order valence-electron chi connectivity index (χ3n) is 4.74. The minimum Gasteiger partial charge on any atom is -0.454 e.